The van der Waals surface area contributed by atoms with Crippen molar-refractivity contribution >= 4 is 35.4 Å². The zero-order valence-electron chi connectivity index (χ0n) is 18.8. The molecule has 0 unspecified atom stereocenters. The number of ether oxygens (including phenoxy) is 3. The van der Waals surface area contributed by atoms with Crippen molar-refractivity contribution in [1.82, 2.24) is 14.9 Å². The summed E-state index contributed by atoms with van der Waals surface area (Å²) in [5.41, 5.74) is 6.88. The smallest absolute Gasteiger partial charge is 0.227 e. The highest BCUT2D eigenvalue weighted by Gasteiger charge is 2.18. The van der Waals surface area contributed by atoms with E-state index in [1.807, 2.05) is 0 Å². The monoisotopic (exact) mass is 494 g/mol. The van der Waals surface area contributed by atoms with Crippen LogP contribution < -0.4 is 25.3 Å². The van der Waals surface area contributed by atoms with Crippen LogP contribution in [0.5, 0.6) is 17.2 Å². The first-order valence-corrected chi connectivity index (χ1v) is 11.1. The summed E-state index contributed by atoms with van der Waals surface area (Å²) >= 11 is 12.8. The van der Waals surface area contributed by atoms with Crippen molar-refractivity contribution in [3.05, 3.63) is 46.0 Å². The lowest BCUT2D eigenvalue weighted by atomic mass is 10.1. The Bertz CT molecular complexity index is 964. The number of rotatable bonds is 9. The average Bonchev–Trinajstić information content (AvgIpc) is 2.83. The van der Waals surface area contributed by atoms with Gasteiger partial charge in [-0.2, -0.15) is 0 Å². The molecule has 3 rings (SSSR count). The maximum Gasteiger partial charge on any atom is 0.227 e. The molecule has 0 saturated carbocycles. The van der Waals surface area contributed by atoms with Crippen LogP contribution in [0.4, 0.5) is 5.95 Å². The second kappa shape index (κ2) is 11.9. The number of aliphatic imine (C=N–C) groups is 1. The molecule has 1 aromatic carbocycles. The molecule has 1 aliphatic heterocycles. The fourth-order valence-corrected chi connectivity index (χ4v) is 3.86. The van der Waals surface area contributed by atoms with E-state index in [0.29, 0.717) is 50.5 Å². The Hall–Kier alpha value is -2.75. The zero-order chi connectivity index (χ0) is 23.8. The van der Waals surface area contributed by atoms with Crippen LogP contribution in [0.3, 0.4) is 0 Å². The lowest BCUT2D eigenvalue weighted by Gasteiger charge is -2.26. The van der Waals surface area contributed by atoms with E-state index in [9.17, 15) is 0 Å². The maximum absolute atomic E-state index is 6.38. The van der Waals surface area contributed by atoms with Gasteiger partial charge in [0.1, 0.15) is 18.1 Å². The number of anilines is 1. The van der Waals surface area contributed by atoms with E-state index < -0.39 is 0 Å². The van der Waals surface area contributed by atoms with Crippen LogP contribution in [0, 0.1) is 0 Å². The average molecular weight is 495 g/mol. The van der Waals surface area contributed by atoms with Gasteiger partial charge in [0.25, 0.3) is 0 Å². The molecule has 0 bridgehead atoms. The van der Waals surface area contributed by atoms with Crippen LogP contribution in [0.1, 0.15) is 18.4 Å². The highest BCUT2D eigenvalue weighted by atomic mass is 35.5. The number of nitrogens with one attached hydrogen (secondary N) is 1. The first-order valence-electron chi connectivity index (χ1n) is 10.4. The Morgan fingerprint density at radius 1 is 1.18 bits per heavy atom. The molecule has 1 fully saturated rings. The molecule has 3 N–H and O–H groups in total. The molecular formula is C22H28Cl2N6O3. The number of nitrogens with two attached hydrogens (primary N) is 1. The summed E-state index contributed by atoms with van der Waals surface area (Å²) < 4.78 is 16.3. The van der Waals surface area contributed by atoms with Crippen molar-refractivity contribution in [2.45, 2.75) is 25.5 Å². The number of allylic oxidation sites excluding steroid dienone is 1. The first-order chi connectivity index (χ1) is 15.9. The number of likely N-dealkylation sites (tertiary alicyclic amines) is 1. The van der Waals surface area contributed by atoms with Gasteiger partial charge in [-0.05, 0) is 33.0 Å². The van der Waals surface area contributed by atoms with Crippen molar-refractivity contribution in [3.63, 3.8) is 0 Å². The van der Waals surface area contributed by atoms with Gasteiger partial charge in [0, 0.05) is 24.0 Å². The predicted molar refractivity (Wildman–Crippen MR) is 131 cm³/mol. The minimum absolute atomic E-state index is 0.0819. The molecule has 2 heterocycles. The normalized spacial score (nSPS) is 15.6. The standard InChI is InChI=1S/C22H28Cl2N6O3/c1-30-6-4-14(5-7-30)26-10-15(9-25)29-22-27-11-16(12-28-22)33-13-17-20(23)18(31-2)8-19(32-3)21(17)24/h8-12,14H,4-7,13,25H2,1-3H3,(H,27,28,29)/b15-9+,26-10?. The van der Waals surface area contributed by atoms with Crippen molar-refractivity contribution < 1.29 is 14.2 Å². The molecule has 2 aromatic rings. The van der Waals surface area contributed by atoms with E-state index in [1.54, 1.807) is 12.3 Å². The number of aromatic nitrogens is 2. The van der Waals surface area contributed by atoms with Gasteiger partial charge < -0.3 is 30.2 Å². The highest BCUT2D eigenvalue weighted by molar-refractivity contribution is 6.37. The van der Waals surface area contributed by atoms with Gasteiger partial charge in [0.05, 0.1) is 48.4 Å². The predicted octanol–water partition coefficient (Wildman–Crippen LogP) is 3.76. The summed E-state index contributed by atoms with van der Waals surface area (Å²) in [5, 5.41) is 3.75. The Morgan fingerprint density at radius 2 is 1.79 bits per heavy atom. The Morgan fingerprint density at radius 3 is 2.33 bits per heavy atom. The van der Waals surface area contributed by atoms with Crippen molar-refractivity contribution in [3.8, 4) is 17.2 Å². The molecule has 33 heavy (non-hydrogen) atoms. The van der Waals surface area contributed by atoms with E-state index >= 15 is 0 Å². The van der Waals surface area contributed by atoms with Crippen molar-refractivity contribution in [2.24, 2.45) is 10.7 Å². The molecule has 0 radical (unpaired) electrons. The second-order valence-electron chi connectivity index (χ2n) is 7.48. The summed E-state index contributed by atoms with van der Waals surface area (Å²) in [6.45, 7) is 2.17. The third-order valence-corrected chi connectivity index (χ3v) is 6.05. The van der Waals surface area contributed by atoms with Crippen LogP contribution in [0.25, 0.3) is 0 Å². The molecular weight excluding hydrogens is 467 g/mol. The lowest BCUT2D eigenvalue weighted by Crippen LogP contribution is -2.32. The van der Waals surface area contributed by atoms with Crippen LogP contribution in [-0.4, -0.2) is 61.5 Å². The van der Waals surface area contributed by atoms with E-state index in [1.165, 1.54) is 32.8 Å². The minimum Gasteiger partial charge on any atom is -0.495 e. The second-order valence-corrected chi connectivity index (χ2v) is 8.23. The van der Waals surface area contributed by atoms with Gasteiger partial charge in [-0.3, -0.25) is 4.99 Å². The van der Waals surface area contributed by atoms with Gasteiger partial charge in [0.15, 0.2) is 5.75 Å². The van der Waals surface area contributed by atoms with Gasteiger partial charge in [0.2, 0.25) is 5.95 Å². The highest BCUT2D eigenvalue weighted by Crippen LogP contribution is 2.40. The Kier molecular flexibility index (Phi) is 8.99. The molecule has 9 nitrogen and oxygen atoms in total. The van der Waals surface area contributed by atoms with E-state index in [4.69, 9.17) is 43.1 Å². The van der Waals surface area contributed by atoms with Crippen molar-refractivity contribution in [1.29, 1.82) is 0 Å². The van der Waals surface area contributed by atoms with E-state index in [0.717, 1.165) is 25.9 Å². The number of piperidine rings is 1. The molecule has 1 aromatic heterocycles. The van der Waals surface area contributed by atoms with Gasteiger partial charge in [-0.25, -0.2) is 9.97 Å². The quantitative estimate of drug-likeness (QED) is 0.507. The lowest BCUT2D eigenvalue weighted by molar-refractivity contribution is 0.257. The Labute approximate surface area is 203 Å². The maximum atomic E-state index is 6.38. The van der Waals surface area contributed by atoms with Gasteiger partial charge in [-0.15, -0.1) is 0 Å². The fraction of sp³-hybridized carbons (Fsp3) is 0.409. The molecule has 178 valence electrons. The zero-order valence-corrected chi connectivity index (χ0v) is 20.4. The molecule has 0 aliphatic carbocycles. The Balaban J connectivity index is 1.60. The summed E-state index contributed by atoms with van der Waals surface area (Å²) in [7, 11) is 5.15. The van der Waals surface area contributed by atoms with Gasteiger partial charge in [-0.1, -0.05) is 23.2 Å². The third-order valence-electron chi connectivity index (χ3n) is 5.22. The molecule has 1 aliphatic rings. The molecule has 0 spiro atoms. The van der Waals surface area contributed by atoms with Crippen LogP contribution >= 0.6 is 23.2 Å². The van der Waals surface area contributed by atoms with E-state index in [2.05, 4.69) is 32.2 Å². The molecule has 0 atom stereocenters. The topological polar surface area (TPSA) is 107 Å². The number of benzene rings is 1. The van der Waals surface area contributed by atoms with E-state index in [-0.39, 0.29) is 6.61 Å². The van der Waals surface area contributed by atoms with Crippen LogP contribution in [0.15, 0.2) is 35.3 Å². The SMILES string of the molecule is COc1cc(OC)c(Cl)c(COc2cnc(N/C(C=NC3CCN(C)CC3)=C/N)nc2)c1Cl. The first kappa shape index (κ1) is 24.9. The molecule has 11 heteroatoms. The number of methoxy groups -OCH3 is 2. The van der Waals surface area contributed by atoms with Gasteiger partial charge >= 0.3 is 0 Å². The molecule has 1 saturated heterocycles. The minimum atomic E-state index is 0.0819. The number of hydrogen-bond donors (Lipinski definition) is 2. The summed E-state index contributed by atoms with van der Waals surface area (Å²) in [6, 6.07) is 1.92. The van der Waals surface area contributed by atoms with Crippen molar-refractivity contribution in [2.75, 3.05) is 39.7 Å². The van der Waals surface area contributed by atoms with Crippen LogP contribution in [0.2, 0.25) is 10.0 Å². The van der Waals surface area contributed by atoms with Crippen LogP contribution in [-0.2, 0) is 6.61 Å². The number of halogens is 2. The number of hydrogen-bond acceptors (Lipinski definition) is 9. The fourth-order valence-electron chi connectivity index (χ4n) is 3.25. The number of nitrogens with zero attached hydrogens (tertiary/aromatic N) is 4. The summed E-state index contributed by atoms with van der Waals surface area (Å²) in [4.78, 5) is 15.5. The summed E-state index contributed by atoms with van der Waals surface area (Å²) in [5.74, 6) is 1.69. The summed E-state index contributed by atoms with van der Waals surface area (Å²) in [6.07, 6.45) is 8.30. The largest absolute Gasteiger partial charge is 0.495 e. The third kappa shape index (κ3) is 6.63. The molecule has 0 amide bonds.